The van der Waals surface area contributed by atoms with Crippen molar-refractivity contribution in [3.63, 3.8) is 0 Å². The van der Waals surface area contributed by atoms with E-state index in [1.165, 1.54) is 11.3 Å². The SMILES string of the molecule is Cc1cc(S(=O)(=O)NC2C(C)(C)C2(C)C)sc1CN. The summed E-state index contributed by atoms with van der Waals surface area (Å²) in [6.07, 6.45) is 0. The Hall–Kier alpha value is -0.430. The van der Waals surface area contributed by atoms with Gasteiger partial charge in [0.25, 0.3) is 0 Å². The third-order valence-corrected chi connectivity index (χ3v) is 7.90. The van der Waals surface area contributed by atoms with Crippen molar-refractivity contribution in [1.29, 1.82) is 0 Å². The first kappa shape index (κ1) is 15.0. The molecule has 1 heterocycles. The van der Waals surface area contributed by atoms with Gasteiger partial charge in [0.05, 0.1) is 0 Å². The zero-order valence-electron chi connectivity index (χ0n) is 12.1. The Morgan fingerprint density at radius 1 is 1.32 bits per heavy atom. The van der Waals surface area contributed by atoms with Crippen LogP contribution in [0.25, 0.3) is 0 Å². The van der Waals surface area contributed by atoms with Gasteiger partial charge in [-0.25, -0.2) is 13.1 Å². The van der Waals surface area contributed by atoms with Gasteiger partial charge in [-0.2, -0.15) is 0 Å². The van der Waals surface area contributed by atoms with Crippen LogP contribution in [0.1, 0.15) is 38.1 Å². The third kappa shape index (κ3) is 2.24. The zero-order valence-corrected chi connectivity index (χ0v) is 13.7. The number of sulfonamides is 1. The van der Waals surface area contributed by atoms with Crippen LogP contribution in [0.2, 0.25) is 0 Å². The third-order valence-electron chi connectivity index (χ3n) is 4.74. The number of nitrogens with one attached hydrogen (secondary N) is 1. The van der Waals surface area contributed by atoms with Crippen molar-refractivity contribution < 1.29 is 8.42 Å². The fourth-order valence-electron chi connectivity index (χ4n) is 2.53. The van der Waals surface area contributed by atoms with Crippen molar-refractivity contribution in [3.05, 3.63) is 16.5 Å². The number of nitrogens with two attached hydrogens (primary N) is 1. The molecule has 19 heavy (non-hydrogen) atoms. The minimum Gasteiger partial charge on any atom is -0.326 e. The van der Waals surface area contributed by atoms with Crippen molar-refractivity contribution in [2.45, 2.75) is 51.4 Å². The minimum absolute atomic E-state index is 0.0108. The van der Waals surface area contributed by atoms with E-state index in [0.29, 0.717) is 10.8 Å². The molecule has 2 rings (SSSR count). The van der Waals surface area contributed by atoms with E-state index in [2.05, 4.69) is 32.4 Å². The Morgan fingerprint density at radius 3 is 2.21 bits per heavy atom. The molecule has 1 saturated carbocycles. The van der Waals surface area contributed by atoms with E-state index < -0.39 is 10.0 Å². The minimum atomic E-state index is -3.44. The highest BCUT2D eigenvalue weighted by molar-refractivity contribution is 7.91. The fourth-order valence-corrected chi connectivity index (χ4v) is 5.54. The van der Waals surface area contributed by atoms with E-state index >= 15 is 0 Å². The number of thiophene rings is 1. The molecule has 6 heteroatoms. The van der Waals surface area contributed by atoms with Gasteiger partial charge in [-0.3, -0.25) is 0 Å². The molecule has 1 fully saturated rings. The summed E-state index contributed by atoms with van der Waals surface area (Å²) in [5.41, 5.74) is 6.53. The van der Waals surface area contributed by atoms with Gasteiger partial charge in [-0.15, -0.1) is 11.3 Å². The van der Waals surface area contributed by atoms with Crippen LogP contribution in [0, 0.1) is 17.8 Å². The molecule has 0 spiro atoms. The summed E-state index contributed by atoms with van der Waals surface area (Å²) < 4.78 is 28.0. The summed E-state index contributed by atoms with van der Waals surface area (Å²) in [5.74, 6) is 0. The molecule has 0 amide bonds. The van der Waals surface area contributed by atoms with Gasteiger partial charge in [0.2, 0.25) is 10.0 Å². The second-order valence-corrected chi connectivity index (χ2v) is 9.45. The summed E-state index contributed by atoms with van der Waals surface area (Å²) in [7, 11) is -3.44. The van der Waals surface area contributed by atoms with E-state index in [9.17, 15) is 8.42 Å². The van der Waals surface area contributed by atoms with Crippen molar-refractivity contribution in [3.8, 4) is 0 Å². The van der Waals surface area contributed by atoms with Gasteiger partial charge in [0, 0.05) is 17.5 Å². The monoisotopic (exact) mass is 302 g/mol. The molecule has 0 saturated heterocycles. The number of rotatable bonds is 4. The summed E-state index contributed by atoms with van der Waals surface area (Å²) >= 11 is 1.26. The highest BCUT2D eigenvalue weighted by Crippen LogP contribution is 2.63. The van der Waals surface area contributed by atoms with Crippen LogP contribution in [-0.4, -0.2) is 14.5 Å². The Kier molecular flexibility index (Phi) is 3.37. The maximum absolute atomic E-state index is 12.4. The molecule has 0 unspecified atom stereocenters. The smallest absolute Gasteiger partial charge is 0.250 e. The lowest BCUT2D eigenvalue weighted by molar-refractivity contribution is 0.457. The van der Waals surface area contributed by atoms with E-state index in [1.54, 1.807) is 6.07 Å². The summed E-state index contributed by atoms with van der Waals surface area (Å²) in [4.78, 5) is 0.926. The molecular weight excluding hydrogens is 280 g/mol. The zero-order chi connectivity index (χ0) is 14.6. The maximum Gasteiger partial charge on any atom is 0.250 e. The second-order valence-electron chi connectivity index (χ2n) is 6.37. The van der Waals surface area contributed by atoms with Crippen molar-refractivity contribution in [1.82, 2.24) is 4.72 Å². The molecule has 1 aliphatic carbocycles. The Bertz CT molecular complexity index is 586. The van der Waals surface area contributed by atoms with Gasteiger partial charge in [0.1, 0.15) is 4.21 Å². The van der Waals surface area contributed by atoms with Crippen LogP contribution < -0.4 is 10.5 Å². The lowest BCUT2D eigenvalue weighted by Gasteiger charge is -2.06. The molecule has 4 nitrogen and oxygen atoms in total. The van der Waals surface area contributed by atoms with Crippen LogP contribution >= 0.6 is 11.3 Å². The largest absolute Gasteiger partial charge is 0.326 e. The average molecular weight is 302 g/mol. The van der Waals surface area contributed by atoms with Gasteiger partial charge in [-0.1, -0.05) is 27.7 Å². The van der Waals surface area contributed by atoms with Crippen LogP contribution in [0.4, 0.5) is 0 Å². The number of aryl methyl sites for hydroxylation is 1. The Balaban J connectivity index is 2.25. The molecule has 0 radical (unpaired) electrons. The quantitative estimate of drug-likeness (QED) is 0.896. The molecule has 0 aromatic carbocycles. The van der Waals surface area contributed by atoms with E-state index in [4.69, 9.17) is 5.73 Å². The first-order chi connectivity index (χ1) is 8.54. The molecule has 0 bridgehead atoms. The van der Waals surface area contributed by atoms with Gasteiger partial charge < -0.3 is 5.73 Å². The molecular formula is C13H22N2O2S2. The van der Waals surface area contributed by atoms with Gasteiger partial charge in [-0.05, 0) is 29.4 Å². The van der Waals surface area contributed by atoms with Crippen LogP contribution in [0.15, 0.2) is 10.3 Å². The number of hydrogen-bond donors (Lipinski definition) is 2. The average Bonchev–Trinajstić information content (AvgIpc) is 2.65. The van der Waals surface area contributed by atoms with Crippen molar-refractivity contribution in [2.75, 3.05) is 0 Å². The first-order valence-electron chi connectivity index (χ1n) is 6.36. The van der Waals surface area contributed by atoms with E-state index in [0.717, 1.165) is 10.4 Å². The van der Waals surface area contributed by atoms with Crippen LogP contribution in [-0.2, 0) is 16.6 Å². The highest BCUT2D eigenvalue weighted by Gasteiger charge is 2.66. The summed E-state index contributed by atoms with van der Waals surface area (Å²) in [5, 5.41) is 0. The molecule has 0 aliphatic heterocycles. The van der Waals surface area contributed by atoms with Crippen LogP contribution in [0.5, 0.6) is 0 Å². The van der Waals surface area contributed by atoms with E-state index in [1.807, 2.05) is 6.92 Å². The van der Waals surface area contributed by atoms with Crippen molar-refractivity contribution in [2.24, 2.45) is 16.6 Å². The second kappa shape index (κ2) is 4.28. The van der Waals surface area contributed by atoms with Gasteiger partial charge in [0.15, 0.2) is 0 Å². The lowest BCUT2D eigenvalue weighted by Crippen LogP contribution is -2.29. The highest BCUT2D eigenvalue weighted by atomic mass is 32.2. The molecule has 3 N–H and O–H groups in total. The predicted molar refractivity (Wildman–Crippen MR) is 78.6 cm³/mol. The lowest BCUT2D eigenvalue weighted by atomic mass is 10.0. The van der Waals surface area contributed by atoms with Gasteiger partial charge >= 0.3 is 0 Å². The van der Waals surface area contributed by atoms with E-state index in [-0.39, 0.29) is 16.9 Å². The summed E-state index contributed by atoms with van der Waals surface area (Å²) in [6.45, 7) is 10.6. The molecule has 1 aromatic rings. The topological polar surface area (TPSA) is 72.2 Å². The number of hydrogen-bond acceptors (Lipinski definition) is 4. The van der Waals surface area contributed by atoms with Crippen molar-refractivity contribution >= 4 is 21.4 Å². The predicted octanol–water partition coefficient (Wildman–Crippen LogP) is 2.23. The fraction of sp³-hybridized carbons (Fsp3) is 0.692. The Morgan fingerprint density at radius 2 is 1.84 bits per heavy atom. The Labute approximate surface area is 119 Å². The maximum atomic E-state index is 12.4. The standard InChI is InChI=1S/C13H22N2O2S2/c1-8-6-10(18-9(8)7-14)19(16,17)15-11-12(2,3)13(11,4)5/h6,11,15H,7,14H2,1-5H3. The molecule has 0 atom stereocenters. The summed E-state index contributed by atoms with van der Waals surface area (Å²) in [6, 6.07) is 1.69. The molecule has 1 aromatic heterocycles. The molecule has 108 valence electrons. The first-order valence-corrected chi connectivity index (χ1v) is 8.65. The normalized spacial score (nSPS) is 21.6. The molecule has 1 aliphatic rings. The van der Waals surface area contributed by atoms with Crippen LogP contribution in [0.3, 0.4) is 0 Å².